The van der Waals surface area contributed by atoms with E-state index < -0.39 is 5.97 Å². The van der Waals surface area contributed by atoms with Crippen molar-refractivity contribution >= 4 is 33.7 Å². The van der Waals surface area contributed by atoms with E-state index in [1.807, 2.05) is 0 Å². The molecule has 0 aliphatic rings. The largest absolute Gasteiger partial charge is 0.460 e. The molecule has 20 heavy (non-hydrogen) atoms. The molecule has 0 bridgehead atoms. The molecular formula is C13H23BrO5S. The molecule has 0 aromatic heterocycles. The Hall–Kier alpha value is -0.500. The zero-order valence-electron chi connectivity index (χ0n) is 12.3. The lowest BCUT2D eigenvalue weighted by Crippen LogP contribution is -2.08. The quantitative estimate of drug-likeness (QED) is 0.194. The van der Waals surface area contributed by atoms with Gasteiger partial charge in [0.25, 0.3) is 0 Å². The maximum atomic E-state index is 11.1. The highest BCUT2D eigenvalue weighted by Crippen LogP contribution is 2.17. The van der Waals surface area contributed by atoms with Crippen molar-refractivity contribution in [2.45, 2.75) is 6.92 Å². The zero-order chi connectivity index (χ0) is 15.8. The highest BCUT2D eigenvalue weighted by molar-refractivity contribution is 9.09. The average molecular weight is 371 g/mol. The molecule has 0 atom stereocenters. The molecule has 0 aromatic rings. The summed E-state index contributed by atoms with van der Waals surface area (Å²) in [5, 5.41) is 1.34. The number of esters is 1. The van der Waals surface area contributed by atoms with Gasteiger partial charge in [-0.25, -0.2) is 4.79 Å². The summed E-state index contributed by atoms with van der Waals surface area (Å²) in [5.41, 5.74) is 0. The Kier molecular flexibility index (Phi) is 18.0. The third-order valence-electron chi connectivity index (χ3n) is 1.57. The minimum Gasteiger partial charge on any atom is -0.460 e. The number of rotatable bonds is 10. The summed E-state index contributed by atoms with van der Waals surface area (Å²) < 4.78 is 19.2. The molecule has 0 aliphatic carbocycles. The van der Waals surface area contributed by atoms with E-state index in [9.17, 15) is 4.79 Å². The molecule has 0 unspecified atom stereocenters. The zero-order valence-corrected chi connectivity index (χ0v) is 14.7. The van der Waals surface area contributed by atoms with Crippen molar-refractivity contribution in [3.05, 3.63) is 24.0 Å². The van der Waals surface area contributed by atoms with E-state index in [0.717, 1.165) is 11.9 Å². The van der Waals surface area contributed by atoms with Crippen molar-refractivity contribution in [2.24, 2.45) is 0 Å². The fourth-order valence-electron chi connectivity index (χ4n) is 0.736. The Morgan fingerprint density at radius 2 is 1.80 bits per heavy atom. The summed E-state index contributed by atoms with van der Waals surface area (Å²) in [7, 11) is 3.29. The fraction of sp³-hybridized carbons (Fsp3) is 0.615. The third-order valence-corrected chi connectivity index (χ3v) is 2.67. The molecule has 5 nitrogen and oxygen atoms in total. The number of thioether (sulfide) groups is 1. The van der Waals surface area contributed by atoms with Crippen molar-refractivity contribution in [1.82, 2.24) is 0 Å². The summed E-state index contributed by atoms with van der Waals surface area (Å²) in [6, 6.07) is 0. The number of carbonyl (C=O) groups excluding carboxylic acids is 1. The smallest absolute Gasteiger partial charge is 0.373 e. The Labute approximate surface area is 133 Å². The van der Waals surface area contributed by atoms with Crippen LogP contribution in [0.1, 0.15) is 6.92 Å². The van der Waals surface area contributed by atoms with Crippen LogP contribution in [0.25, 0.3) is 0 Å². The first-order valence-electron chi connectivity index (χ1n) is 5.92. The standard InChI is InChI=1S/C10H16O4S.C3H7BrO/c1-5-13-10(11)8(2)14-9(3)15-7-6-12-4;1-5-3-2-4/h2-3,5-7H2,1,4H3;2-3H2,1H3. The number of methoxy groups -OCH3 is 2. The van der Waals surface area contributed by atoms with Gasteiger partial charge in [0.05, 0.1) is 19.8 Å². The average Bonchev–Trinajstić information content (AvgIpc) is 2.41. The van der Waals surface area contributed by atoms with Gasteiger partial charge < -0.3 is 18.9 Å². The molecule has 0 N–H and O–H groups in total. The third kappa shape index (κ3) is 15.6. The van der Waals surface area contributed by atoms with Crippen LogP contribution in [0.15, 0.2) is 24.0 Å². The van der Waals surface area contributed by atoms with Gasteiger partial charge in [-0.3, -0.25) is 0 Å². The van der Waals surface area contributed by atoms with E-state index in [-0.39, 0.29) is 5.76 Å². The molecule has 118 valence electrons. The van der Waals surface area contributed by atoms with Crippen LogP contribution in [0.2, 0.25) is 0 Å². The minimum atomic E-state index is -0.564. The van der Waals surface area contributed by atoms with Gasteiger partial charge in [-0.15, -0.1) is 0 Å². The predicted octanol–water partition coefficient (Wildman–Crippen LogP) is 2.96. The van der Waals surface area contributed by atoms with Gasteiger partial charge in [0.1, 0.15) is 0 Å². The van der Waals surface area contributed by atoms with E-state index in [1.165, 1.54) is 11.8 Å². The highest BCUT2D eigenvalue weighted by Gasteiger charge is 2.10. The van der Waals surface area contributed by atoms with E-state index in [1.54, 1.807) is 21.1 Å². The molecule has 7 heteroatoms. The topological polar surface area (TPSA) is 54.0 Å². The first kappa shape index (κ1) is 21.8. The van der Waals surface area contributed by atoms with Crippen LogP contribution < -0.4 is 0 Å². The van der Waals surface area contributed by atoms with Gasteiger partial charge in [-0.05, 0) is 20.1 Å². The maximum absolute atomic E-state index is 11.1. The van der Waals surface area contributed by atoms with Gasteiger partial charge in [0.15, 0.2) is 5.09 Å². The van der Waals surface area contributed by atoms with E-state index >= 15 is 0 Å². The summed E-state index contributed by atoms with van der Waals surface area (Å²) in [6.07, 6.45) is 0. The molecule has 0 rings (SSSR count). The molecule has 0 amide bonds. The lowest BCUT2D eigenvalue weighted by molar-refractivity contribution is -0.141. The molecule has 0 aliphatic heterocycles. The molecule has 0 saturated carbocycles. The van der Waals surface area contributed by atoms with Crippen molar-refractivity contribution in [1.29, 1.82) is 0 Å². The van der Waals surface area contributed by atoms with Crippen LogP contribution in [0.4, 0.5) is 0 Å². The fourth-order valence-corrected chi connectivity index (χ4v) is 1.70. The van der Waals surface area contributed by atoms with Crippen LogP contribution in [-0.4, -0.2) is 51.1 Å². The van der Waals surface area contributed by atoms with Crippen molar-refractivity contribution in [3.63, 3.8) is 0 Å². The number of ether oxygens (including phenoxy) is 4. The minimum absolute atomic E-state index is 0.0493. The van der Waals surface area contributed by atoms with E-state index in [2.05, 4.69) is 33.8 Å². The van der Waals surface area contributed by atoms with Crippen LogP contribution >= 0.6 is 27.7 Å². The van der Waals surface area contributed by atoms with E-state index in [4.69, 9.17) is 14.2 Å². The summed E-state index contributed by atoms with van der Waals surface area (Å²) in [6.45, 7) is 10.5. The second-order valence-electron chi connectivity index (χ2n) is 3.14. The molecule has 0 saturated heterocycles. The molecule has 0 aromatic carbocycles. The Morgan fingerprint density at radius 1 is 1.20 bits per heavy atom. The normalized spacial score (nSPS) is 9.20. The molecule has 0 fully saturated rings. The van der Waals surface area contributed by atoms with Gasteiger partial charge in [-0.2, -0.15) is 0 Å². The first-order chi connectivity index (χ1) is 9.53. The molecule has 0 radical (unpaired) electrons. The second-order valence-corrected chi connectivity index (χ2v) is 5.09. The lowest BCUT2D eigenvalue weighted by atomic mass is 10.6. The van der Waals surface area contributed by atoms with E-state index in [0.29, 0.717) is 24.1 Å². The van der Waals surface area contributed by atoms with Crippen LogP contribution in [-0.2, 0) is 23.7 Å². The highest BCUT2D eigenvalue weighted by atomic mass is 79.9. The number of carbonyl (C=O) groups is 1. The summed E-state index contributed by atoms with van der Waals surface area (Å²) >= 11 is 4.54. The van der Waals surface area contributed by atoms with Crippen LogP contribution in [0.5, 0.6) is 0 Å². The predicted molar refractivity (Wildman–Crippen MR) is 86.0 cm³/mol. The monoisotopic (exact) mass is 370 g/mol. The SMILES string of the molecule is C=C(OC(=C)C(=O)OCC)SCCOC.COCCBr. The number of hydrogen-bond donors (Lipinski definition) is 0. The maximum Gasteiger partial charge on any atom is 0.373 e. The number of hydrogen-bond acceptors (Lipinski definition) is 6. The Bertz CT molecular complexity index is 282. The Morgan fingerprint density at radius 3 is 2.20 bits per heavy atom. The summed E-state index contributed by atoms with van der Waals surface area (Å²) in [5.74, 6) is 0.101. The van der Waals surface area contributed by atoms with Crippen LogP contribution in [0, 0.1) is 0 Å². The second kappa shape index (κ2) is 16.6. The number of halogens is 1. The lowest BCUT2D eigenvalue weighted by Gasteiger charge is -2.09. The van der Waals surface area contributed by atoms with Gasteiger partial charge in [0, 0.05) is 25.3 Å². The van der Waals surface area contributed by atoms with Gasteiger partial charge in [-0.1, -0.05) is 27.7 Å². The van der Waals surface area contributed by atoms with Crippen molar-refractivity contribution in [2.75, 3.05) is 45.1 Å². The van der Waals surface area contributed by atoms with Gasteiger partial charge in [0.2, 0.25) is 5.76 Å². The Balaban J connectivity index is 0. The van der Waals surface area contributed by atoms with Crippen LogP contribution in [0.3, 0.4) is 0 Å². The molecule has 0 heterocycles. The van der Waals surface area contributed by atoms with Gasteiger partial charge >= 0.3 is 5.97 Å². The molecular weight excluding hydrogens is 348 g/mol. The van der Waals surface area contributed by atoms with Crippen molar-refractivity contribution in [3.8, 4) is 0 Å². The number of alkyl halides is 1. The van der Waals surface area contributed by atoms with Crippen molar-refractivity contribution < 1.29 is 23.7 Å². The summed E-state index contributed by atoms with van der Waals surface area (Å²) in [4.78, 5) is 11.1. The molecule has 0 spiro atoms. The first-order valence-corrected chi connectivity index (χ1v) is 8.03.